The minimum atomic E-state index is -0.826. The van der Waals surface area contributed by atoms with Crippen molar-refractivity contribution < 1.29 is 19.4 Å². The molecule has 0 saturated heterocycles. The summed E-state index contributed by atoms with van der Waals surface area (Å²) in [7, 11) is 0. The molecule has 0 bridgehead atoms. The van der Waals surface area contributed by atoms with Gasteiger partial charge in [0.05, 0.1) is 6.04 Å². The fourth-order valence-electron chi connectivity index (χ4n) is 5.00. The number of aromatic hydroxyl groups is 1. The summed E-state index contributed by atoms with van der Waals surface area (Å²) in [4.78, 5) is 26.3. The largest absolute Gasteiger partial charge is 0.508 e. The van der Waals surface area contributed by atoms with Crippen molar-refractivity contribution in [2.45, 2.75) is 31.3 Å². The Bertz CT molecular complexity index is 1370. The molecule has 38 heavy (non-hydrogen) atoms. The zero-order chi connectivity index (χ0) is 26.5. The molecule has 4 aromatic rings. The molecule has 6 nitrogen and oxygen atoms in total. The molecular formula is C32H30N2O4. The molecule has 0 spiro atoms. The van der Waals surface area contributed by atoms with Crippen LogP contribution in [0, 0.1) is 0 Å². The molecule has 6 heteroatoms. The van der Waals surface area contributed by atoms with Crippen LogP contribution >= 0.6 is 0 Å². The number of phenolic OH excluding ortho intramolecular Hbond substituents is 1. The van der Waals surface area contributed by atoms with Gasteiger partial charge in [-0.3, -0.25) is 4.79 Å². The summed E-state index contributed by atoms with van der Waals surface area (Å²) in [6.07, 6.45) is -0.320. The Morgan fingerprint density at radius 1 is 0.789 bits per heavy atom. The van der Waals surface area contributed by atoms with E-state index < -0.39 is 12.1 Å². The Kier molecular flexibility index (Phi) is 7.40. The van der Waals surface area contributed by atoms with E-state index in [0.717, 1.165) is 33.4 Å². The number of fused-ring (bicyclic) bond motifs is 3. The lowest BCUT2D eigenvalue weighted by molar-refractivity contribution is -0.123. The number of rotatable bonds is 8. The topological polar surface area (TPSA) is 87.7 Å². The van der Waals surface area contributed by atoms with Gasteiger partial charge in [0.15, 0.2) is 0 Å². The number of hydrogen-bond donors (Lipinski definition) is 3. The van der Waals surface area contributed by atoms with Gasteiger partial charge in [-0.15, -0.1) is 0 Å². The van der Waals surface area contributed by atoms with Gasteiger partial charge in [-0.2, -0.15) is 0 Å². The van der Waals surface area contributed by atoms with Crippen LogP contribution < -0.4 is 10.6 Å². The molecule has 1 aliphatic rings. The molecular weight excluding hydrogens is 476 g/mol. The van der Waals surface area contributed by atoms with Crippen molar-refractivity contribution in [1.29, 1.82) is 0 Å². The minimum Gasteiger partial charge on any atom is -0.508 e. The van der Waals surface area contributed by atoms with Gasteiger partial charge in [-0.25, -0.2) is 4.79 Å². The summed E-state index contributed by atoms with van der Waals surface area (Å²) in [5.74, 6) is -0.224. The summed E-state index contributed by atoms with van der Waals surface area (Å²) >= 11 is 0. The number of carbonyl (C=O) groups excluding carboxylic acids is 2. The smallest absolute Gasteiger partial charge is 0.407 e. The average molecular weight is 507 g/mol. The van der Waals surface area contributed by atoms with Crippen molar-refractivity contribution in [2.75, 3.05) is 6.61 Å². The molecule has 0 heterocycles. The second-order valence-electron chi connectivity index (χ2n) is 9.53. The Morgan fingerprint density at radius 3 is 2.00 bits per heavy atom. The molecule has 1 aliphatic carbocycles. The van der Waals surface area contributed by atoms with E-state index in [1.807, 2.05) is 61.5 Å². The van der Waals surface area contributed by atoms with E-state index >= 15 is 0 Å². The molecule has 5 rings (SSSR count). The molecule has 0 aliphatic heterocycles. The number of carbonyl (C=O) groups is 2. The highest BCUT2D eigenvalue weighted by Crippen LogP contribution is 2.44. The van der Waals surface area contributed by atoms with Gasteiger partial charge in [0.25, 0.3) is 0 Å². The van der Waals surface area contributed by atoms with E-state index in [1.165, 1.54) is 0 Å². The van der Waals surface area contributed by atoms with Crippen LogP contribution in [0.5, 0.6) is 5.75 Å². The molecule has 0 fully saturated rings. The van der Waals surface area contributed by atoms with Crippen LogP contribution in [-0.4, -0.2) is 29.8 Å². The first-order valence-electron chi connectivity index (χ1n) is 12.7. The van der Waals surface area contributed by atoms with Crippen molar-refractivity contribution in [2.24, 2.45) is 0 Å². The first-order chi connectivity index (χ1) is 18.5. The molecule has 0 saturated carbocycles. The van der Waals surface area contributed by atoms with E-state index in [2.05, 4.69) is 34.9 Å². The lowest BCUT2D eigenvalue weighted by atomic mass is 9.98. The van der Waals surface area contributed by atoms with Crippen LogP contribution in [0.15, 0.2) is 103 Å². The predicted molar refractivity (Wildman–Crippen MR) is 147 cm³/mol. The summed E-state index contributed by atoms with van der Waals surface area (Å²) in [5, 5.41) is 15.3. The second-order valence-corrected chi connectivity index (χ2v) is 9.53. The highest BCUT2D eigenvalue weighted by atomic mass is 16.5. The fraction of sp³-hybridized carbons (Fsp3) is 0.188. The second kappa shape index (κ2) is 11.2. The molecule has 4 aromatic carbocycles. The molecule has 2 atom stereocenters. The summed E-state index contributed by atoms with van der Waals surface area (Å²) < 4.78 is 5.70. The summed E-state index contributed by atoms with van der Waals surface area (Å²) in [6.45, 7) is 2.03. The predicted octanol–water partition coefficient (Wildman–Crippen LogP) is 5.72. The monoisotopic (exact) mass is 506 g/mol. The van der Waals surface area contributed by atoms with Gasteiger partial charge in [0.2, 0.25) is 5.91 Å². The Morgan fingerprint density at radius 2 is 1.37 bits per heavy atom. The Balaban J connectivity index is 1.28. The molecule has 0 unspecified atom stereocenters. The van der Waals surface area contributed by atoms with Gasteiger partial charge >= 0.3 is 6.09 Å². The van der Waals surface area contributed by atoms with Crippen LogP contribution in [0.3, 0.4) is 0 Å². The first kappa shape index (κ1) is 25.1. The maximum absolute atomic E-state index is 13.3. The fourth-order valence-corrected chi connectivity index (χ4v) is 5.00. The summed E-state index contributed by atoms with van der Waals surface area (Å²) in [5.41, 5.74) is 6.33. The highest BCUT2D eigenvalue weighted by Gasteiger charge is 2.30. The van der Waals surface area contributed by atoms with Crippen molar-refractivity contribution in [3.05, 3.63) is 125 Å². The summed E-state index contributed by atoms with van der Waals surface area (Å²) in [6, 6.07) is 31.4. The van der Waals surface area contributed by atoms with Gasteiger partial charge in [0, 0.05) is 12.3 Å². The molecule has 192 valence electrons. The molecule has 0 aromatic heterocycles. The number of ether oxygens (including phenoxy) is 1. The van der Waals surface area contributed by atoms with Crippen LogP contribution in [0.2, 0.25) is 0 Å². The van der Waals surface area contributed by atoms with Gasteiger partial charge in [-0.05, 0) is 52.4 Å². The molecule has 0 radical (unpaired) electrons. The van der Waals surface area contributed by atoms with E-state index in [-0.39, 0.29) is 30.2 Å². The third-order valence-electron chi connectivity index (χ3n) is 6.99. The third-order valence-corrected chi connectivity index (χ3v) is 6.99. The Labute approximate surface area is 222 Å². The van der Waals surface area contributed by atoms with Crippen molar-refractivity contribution in [3.63, 3.8) is 0 Å². The average Bonchev–Trinajstić information content (AvgIpc) is 3.26. The van der Waals surface area contributed by atoms with Crippen molar-refractivity contribution >= 4 is 12.0 Å². The number of nitrogens with one attached hydrogen (secondary N) is 2. The lowest BCUT2D eigenvalue weighted by Crippen LogP contribution is -2.48. The number of hydrogen-bond acceptors (Lipinski definition) is 4. The zero-order valence-corrected chi connectivity index (χ0v) is 21.1. The zero-order valence-electron chi connectivity index (χ0n) is 21.1. The first-order valence-corrected chi connectivity index (χ1v) is 12.7. The van der Waals surface area contributed by atoms with Gasteiger partial charge in [-0.1, -0.05) is 91.0 Å². The maximum atomic E-state index is 13.3. The molecule has 2 amide bonds. The normalized spacial score (nSPS) is 13.6. The lowest BCUT2D eigenvalue weighted by Gasteiger charge is -2.22. The van der Waals surface area contributed by atoms with Crippen molar-refractivity contribution in [1.82, 2.24) is 10.6 Å². The van der Waals surface area contributed by atoms with E-state index in [0.29, 0.717) is 6.42 Å². The van der Waals surface area contributed by atoms with Crippen molar-refractivity contribution in [3.8, 4) is 16.9 Å². The molecule has 3 N–H and O–H groups in total. The van der Waals surface area contributed by atoms with Crippen LogP contribution in [0.25, 0.3) is 11.1 Å². The minimum absolute atomic E-state index is 0.0657. The van der Waals surface area contributed by atoms with E-state index in [4.69, 9.17) is 4.74 Å². The Hall–Kier alpha value is -4.58. The van der Waals surface area contributed by atoms with Gasteiger partial charge in [0.1, 0.15) is 18.4 Å². The third kappa shape index (κ3) is 5.54. The van der Waals surface area contributed by atoms with Crippen LogP contribution in [0.4, 0.5) is 4.79 Å². The number of amides is 2. The standard InChI is InChI=1S/C32H30N2O4/c1-21(23-15-17-24(35)18-16-23)33-31(36)30(19-22-9-3-2-4-10-22)34-32(37)38-20-29-27-13-7-5-11-25(27)26-12-6-8-14-28(26)29/h2-18,21,29-30,35H,19-20H2,1H3,(H,33,36)(H,34,37)/t21-,30-/m0/s1. The number of alkyl carbamates (subject to hydrolysis) is 1. The quantitative estimate of drug-likeness (QED) is 0.285. The SMILES string of the molecule is C[C@H](NC(=O)[C@H](Cc1ccccc1)NC(=O)OCC1c2ccccc2-c2ccccc21)c1ccc(O)cc1. The van der Waals surface area contributed by atoms with E-state index in [9.17, 15) is 14.7 Å². The highest BCUT2D eigenvalue weighted by molar-refractivity contribution is 5.86. The number of phenols is 1. The number of benzene rings is 4. The van der Waals surface area contributed by atoms with Crippen LogP contribution in [-0.2, 0) is 16.0 Å². The maximum Gasteiger partial charge on any atom is 0.407 e. The van der Waals surface area contributed by atoms with Crippen LogP contribution in [0.1, 0.15) is 41.1 Å². The van der Waals surface area contributed by atoms with Gasteiger partial charge < -0.3 is 20.5 Å². The van der Waals surface area contributed by atoms with E-state index in [1.54, 1.807) is 24.3 Å².